The molecule has 140 valence electrons. The molecule has 0 spiro atoms. The molecule has 2 aromatic carbocycles. The van der Waals surface area contributed by atoms with E-state index in [-0.39, 0.29) is 11.2 Å². The van der Waals surface area contributed by atoms with Crippen LogP contribution in [0.25, 0.3) is 10.9 Å². The molecule has 3 aromatic rings. The molecule has 0 aliphatic heterocycles. The highest BCUT2D eigenvalue weighted by molar-refractivity contribution is 6.04. The van der Waals surface area contributed by atoms with Crippen LogP contribution in [0.2, 0.25) is 0 Å². The molecule has 0 saturated heterocycles. The van der Waals surface area contributed by atoms with Gasteiger partial charge in [-0.3, -0.25) is 9.48 Å². The summed E-state index contributed by atoms with van der Waals surface area (Å²) in [5.74, 6) is -15.5. The fourth-order valence-corrected chi connectivity index (χ4v) is 2.37. The molecule has 1 heterocycles. The highest BCUT2D eigenvalue weighted by atomic mass is 19.2. The molecule has 2 N–H and O–H groups in total. The summed E-state index contributed by atoms with van der Waals surface area (Å²) in [5.41, 5.74) is 5.28. The second-order valence-corrected chi connectivity index (χ2v) is 5.26. The lowest BCUT2D eigenvalue weighted by atomic mass is 10.2. The number of aromatic nitrogens is 2. The Morgan fingerprint density at radius 3 is 2.11 bits per heavy atom. The van der Waals surface area contributed by atoms with E-state index in [9.17, 15) is 31.5 Å². The van der Waals surface area contributed by atoms with Gasteiger partial charge in [0.25, 0.3) is 5.91 Å². The summed E-state index contributed by atoms with van der Waals surface area (Å²) in [6.45, 7) is -0.784. The highest BCUT2D eigenvalue weighted by Gasteiger charge is 2.29. The first-order valence-electron chi connectivity index (χ1n) is 7.19. The van der Waals surface area contributed by atoms with Crippen molar-refractivity contribution < 1.29 is 36.3 Å². The van der Waals surface area contributed by atoms with Crippen molar-refractivity contribution in [3.63, 3.8) is 0 Å². The van der Waals surface area contributed by atoms with Gasteiger partial charge in [-0.2, -0.15) is 13.9 Å². The Kier molecular flexibility index (Phi) is 4.52. The van der Waals surface area contributed by atoms with Gasteiger partial charge in [-0.05, 0) is 6.07 Å². The molecule has 0 aliphatic carbocycles. The van der Waals surface area contributed by atoms with Crippen molar-refractivity contribution in [2.75, 3.05) is 0 Å². The Morgan fingerprint density at radius 1 is 0.963 bits per heavy atom. The number of ether oxygens (including phenoxy) is 1. The minimum Gasteiger partial charge on any atom is -0.419 e. The average Bonchev–Trinajstić information content (AvgIpc) is 3.01. The van der Waals surface area contributed by atoms with E-state index in [4.69, 9.17) is 5.73 Å². The predicted octanol–water partition coefficient (Wildman–Crippen LogP) is 2.44. The maximum absolute atomic E-state index is 13.6. The van der Waals surface area contributed by atoms with Gasteiger partial charge in [0.2, 0.25) is 34.8 Å². The zero-order chi connectivity index (χ0) is 19.9. The van der Waals surface area contributed by atoms with E-state index in [0.29, 0.717) is 5.39 Å². The summed E-state index contributed by atoms with van der Waals surface area (Å²) in [4.78, 5) is 23.4. The van der Waals surface area contributed by atoms with Crippen LogP contribution in [-0.4, -0.2) is 21.7 Å². The fraction of sp³-hybridized carbons (Fsp3) is 0.0625. The second-order valence-electron chi connectivity index (χ2n) is 5.26. The van der Waals surface area contributed by atoms with E-state index in [1.807, 2.05) is 0 Å². The number of rotatable bonds is 4. The molecule has 0 atom stereocenters. The van der Waals surface area contributed by atoms with Crippen LogP contribution in [0.3, 0.4) is 0 Å². The van der Waals surface area contributed by atoms with Crippen molar-refractivity contribution in [2.45, 2.75) is 6.54 Å². The standard InChI is InChI=1S/C16H8F5N3O3/c17-9-10(18)12(20)15(13(21)11(9)19)27-8(25)5-24-7-4-2-1-3-6(7)14(23-24)16(22)26/h1-4H,5H2,(H2,22,26). The number of amides is 1. The first kappa shape index (κ1) is 18.3. The molecule has 6 nitrogen and oxygen atoms in total. The average molecular weight is 385 g/mol. The molecule has 11 heteroatoms. The molecule has 0 radical (unpaired) electrons. The van der Waals surface area contributed by atoms with Crippen molar-refractivity contribution in [3.05, 3.63) is 59.0 Å². The molecule has 1 amide bonds. The Morgan fingerprint density at radius 2 is 1.52 bits per heavy atom. The number of para-hydroxylation sites is 1. The lowest BCUT2D eigenvalue weighted by Gasteiger charge is -2.09. The molecular weight excluding hydrogens is 377 g/mol. The number of primary amides is 1. The van der Waals surface area contributed by atoms with E-state index in [2.05, 4.69) is 9.84 Å². The van der Waals surface area contributed by atoms with Crippen LogP contribution >= 0.6 is 0 Å². The van der Waals surface area contributed by atoms with Gasteiger partial charge in [-0.1, -0.05) is 18.2 Å². The molecule has 0 aliphatic rings. The van der Waals surface area contributed by atoms with E-state index in [1.165, 1.54) is 12.1 Å². The molecule has 1 aromatic heterocycles. The van der Waals surface area contributed by atoms with Gasteiger partial charge >= 0.3 is 5.97 Å². The summed E-state index contributed by atoms with van der Waals surface area (Å²) in [6, 6.07) is 6.10. The Hall–Kier alpha value is -3.50. The first-order valence-corrected chi connectivity index (χ1v) is 7.19. The number of hydrogen-bond acceptors (Lipinski definition) is 4. The number of halogens is 5. The molecule has 0 saturated carbocycles. The van der Waals surface area contributed by atoms with Gasteiger partial charge in [0.05, 0.1) is 5.52 Å². The first-order chi connectivity index (χ1) is 12.7. The van der Waals surface area contributed by atoms with Crippen LogP contribution in [0.15, 0.2) is 24.3 Å². The lowest BCUT2D eigenvalue weighted by Crippen LogP contribution is -2.20. The van der Waals surface area contributed by atoms with Gasteiger partial charge in [0.15, 0.2) is 5.69 Å². The summed E-state index contributed by atoms with van der Waals surface area (Å²) >= 11 is 0. The topological polar surface area (TPSA) is 87.2 Å². The van der Waals surface area contributed by atoms with Crippen LogP contribution in [0, 0.1) is 29.1 Å². The van der Waals surface area contributed by atoms with Crippen LogP contribution in [0.4, 0.5) is 22.0 Å². The van der Waals surface area contributed by atoms with Crippen molar-refractivity contribution in [1.82, 2.24) is 9.78 Å². The van der Waals surface area contributed by atoms with E-state index in [0.717, 1.165) is 4.68 Å². The number of nitrogens with two attached hydrogens (primary N) is 1. The normalized spacial score (nSPS) is 11.0. The molecule has 0 bridgehead atoms. The van der Waals surface area contributed by atoms with Crippen LogP contribution in [-0.2, 0) is 11.3 Å². The monoisotopic (exact) mass is 385 g/mol. The van der Waals surface area contributed by atoms with Gasteiger partial charge in [-0.25, -0.2) is 18.0 Å². The SMILES string of the molecule is NC(=O)c1nn(CC(=O)Oc2c(F)c(F)c(F)c(F)c2F)c2ccccc12. The predicted molar refractivity (Wildman–Crippen MR) is 80.1 cm³/mol. The number of benzene rings is 2. The quantitative estimate of drug-likeness (QED) is 0.246. The highest BCUT2D eigenvalue weighted by Crippen LogP contribution is 2.29. The second kappa shape index (κ2) is 6.67. The largest absolute Gasteiger partial charge is 0.419 e. The van der Waals surface area contributed by atoms with Crippen molar-refractivity contribution in [1.29, 1.82) is 0 Å². The molecule has 0 fully saturated rings. The Bertz CT molecular complexity index is 1070. The molecule has 27 heavy (non-hydrogen) atoms. The van der Waals surface area contributed by atoms with Gasteiger partial charge in [-0.15, -0.1) is 0 Å². The summed E-state index contributed by atoms with van der Waals surface area (Å²) < 4.78 is 71.7. The number of carbonyl (C=O) groups is 2. The van der Waals surface area contributed by atoms with Crippen LogP contribution < -0.4 is 10.5 Å². The number of hydrogen-bond donors (Lipinski definition) is 1. The van der Waals surface area contributed by atoms with Crippen molar-refractivity contribution in [2.24, 2.45) is 5.73 Å². The van der Waals surface area contributed by atoms with Crippen LogP contribution in [0.5, 0.6) is 5.75 Å². The van der Waals surface area contributed by atoms with E-state index >= 15 is 0 Å². The summed E-state index contributed by atoms with van der Waals surface area (Å²) in [5, 5.41) is 4.11. The molecule has 3 rings (SSSR count). The Balaban J connectivity index is 1.95. The third-order valence-electron chi connectivity index (χ3n) is 3.56. The minimum absolute atomic E-state index is 0.172. The maximum atomic E-state index is 13.6. The number of nitrogens with zero attached hydrogens (tertiary/aromatic N) is 2. The van der Waals surface area contributed by atoms with Crippen molar-refractivity contribution in [3.8, 4) is 5.75 Å². The maximum Gasteiger partial charge on any atom is 0.333 e. The summed E-state index contributed by atoms with van der Waals surface area (Å²) in [6.07, 6.45) is 0. The third kappa shape index (κ3) is 3.07. The van der Waals surface area contributed by atoms with Gasteiger partial charge in [0, 0.05) is 5.39 Å². The smallest absolute Gasteiger partial charge is 0.333 e. The van der Waals surface area contributed by atoms with Crippen molar-refractivity contribution >= 4 is 22.8 Å². The number of carbonyl (C=O) groups excluding carboxylic acids is 2. The van der Waals surface area contributed by atoms with E-state index < -0.39 is 53.3 Å². The van der Waals surface area contributed by atoms with E-state index in [1.54, 1.807) is 12.1 Å². The Labute approximate surface area is 146 Å². The zero-order valence-electron chi connectivity index (χ0n) is 13.1. The number of esters is 1. The number of fused-ring (bicyclic) bond motifs is 1. The van der Waals surface area contributed by atoms with Gasteiger partial charge < -0.3 is 10.5 Å². The fourth-order valence-electron chi connectivity index (χ4n) is 2.37. The third-order valence-corrected chi connectivity index (χ3v) is 3.56. The minimum atomic E-state index is -2.38. The lowest BCUT2D eigenvalue weighted by molar-refractivity contribution is -0.135. The summed E-state index contributed by atoms with van der Waals surface area (Å²) in [7, 11) is 0. The van der Waals surface area contributed by atoms with Gasteiger partial charge in [0.1, 0.15) is 6.54 Å². The zero-order valence-corrected chi connectivity index (χ0v) is 13.1. The molecule has 0 unspecified atom stereocenters. The molecular formula is C16H8F5N3O3. The van der Waals surface area contributed by atoms with Crippen LogP contribution in [0.1, 0.15) is 10.5 Å².